The van der Waals surface area contributed by atoms with E-state index in [0.29, 0.717) is 17.8 Å². The van der Waals surface area contributed by atoms with Gasteiger partial charge in [0.1, 0.15) is 23.4 Å². The Kier molecular flexibility index (Phi) is 6.70. The zero-order valence-corrected chi connectivity index (χ0v) is 20.8. The summed E-state index contributed by atoms with van der Waals surface area (Å²) in [5, 5.41) is 7.58. The Morgan fingerprint density at radius 1 is 0.892 bits per heavy atom. The molecule has 6 rings (SSSR count). The molecule has 2 N–H and O–H groups in total. The van der Waals surface area contributed by atoms with E-state index in [1.165, 1.54) is 0 Å². The van der Waals surface area contributed by atoms with E-state index in [1.807, 2.05) is 54.6 Å². The predicted molar refractivity (Wildman–Crippen MR) is 143 cm³/mol. The molecule has 2 aromatic heterocycles. The average molecular weight is 499 g/mol. The Hall–Kier alpha value is -3.95. The fourth-order valence-electron chi connectivity index (χ4n) is 4.75. The SMILES string of the molecule is COc1ccc2cc(Nc3ccnc(Nc4ccc(OC5CC(N6CCOCC6)C5)cc4)n3)cnc2c1. The number of fused-ring (bicyclic) bond motifs is 1. The molecule has 0 bridgehead atoms. The topological polar surface area (TPSA) is 93.7 Å². The third kappa shape index (κ3) is 5.58. The molecular weight excluding hydrogens is 468 g/mol. The molecule has 1 saturated heterocycles. The molecule has 2 aliphatic rings. The molecular formula is C28H30N6O3. The molecule has 2 fully saturated rings. The van der Waals surface area contributed by atoms with E-state index < -0.39 is 0 Å². The lowest BCUT2D eigenvalue weighted by Gasteiger charge is -2.44. The summed E-state index contributed by atoms with van der Waals surface area (Å²) in [4.78, 5) is 16.0. The van der Waals surface area contributed by atoms with Gasteiger partial charge in [-0.1, -0.05) is 0 Å². The standard InChI is InChI=1S/C28H30N6O3/c1-35-24-5-2-19-14-21(18-30-26(19)17-24)31-27-8-9-29-28(33-27)32-20-3-6-23(7-4-20)37-25-15-22(16-25)34-10-12-36-13-11-34/h2-9,14,17-18,22,25H,10-13,15-16H2,1H3,(H2,29,31,32,33). The second-order valence-corrected chi connectivity index (χ2v) is 9.34. The predicted octanol–water partition coefficient (Wildman–Crippen LogP) is 4.76. The number of nitrogens with zero attached hydrogens (tertiary/aromatic N) is 4. The van der Waals surface area contributed by atoms with Crippen LogP contribution in [0.2, 0.25) is 0 Å². The van der Waals surface area contributed by atoms with Crippen LogP contribution in [0, 0.1) is 0 Å². The zero-order valence-electron chi connectivity index (χ0n) is 20.8. The molecule has 0 radical (unpaired) electrons. The van der Waals surface area contributed by atoms with E-state index in [2.05, 4.69) is 30.5 Å². The van der Waals surface area contributed by atoms with Gasteiger partial charge in [0, 0.05) is 55.3 Å². The second-order valence-electron chi connectivity index (χ2n) is 9.34. The summed E-state index contributed by atoms with van der Waals surface area (Å²) in [6.45, 7) is 3.75. The van der Waals surface area contributed by atoms with Crippen molar-refractivity contribution in [2.75, 3.05) is 44.0 Å². The number of hydrogen-bond acceptors (Lipinski definition) is 9. The number of hydrogen-bond donors (Lipinski definition) is 2. The van der Waals surface area contributed by atoms with E-state index in [1.54, 1.807) is 19.5 Å². The minimum absolute atomic E-state index is 0.282. The summed E-state index contributed by atoms with van der Waals surface area (Å²) in [5.74, 6) is 2.84. The Balaban J connectivity index is 1.04. The van der Waals surface area contributed by atoms with Crippen molar-refractivity contribution in [3.63, 3.8) is 0 Å². The van der Waals surface area contributed by atoms with Gasteiger partial charge in [0.25, 0.3) is 0 Å². The first-order valence-corrected chi connectivity index (χ1v) is 12.6. The van der Waals surface area contributed by atoms with Gasteiger partial charge in [0.05, 0.1) is 37.7 Å². The van der Waals surface area contributed by atoms with Crippen LogP contribution in [0.1, 0.15) is 12.8 Å². The van der Waals surface area contributed by atoms with Crippen LogP contribution in [0.3, 0.4) is 0 Å². The molecule has 190 valence electrons. The number of pyridine rings is 1. The Bertz CT molecular complexity index is 1350. The molecule has 0 spiro atoms. The molecule has 1 saturated carbocycles. The van der Waals surface area contributed by atoms with Gasteiger partial charge in [-0.3, -0.25) is 9.88 Å². The van der Waals surface area contributed by atoms with E-state index in [4.69, 9.17) is 14.2 Å². The fourth-order valence-corrected chi connectivity index (χ4v) is 4.75. The summed E-state index contributed by atoms with van der Waals surface area (Å²) >= 11 is 0. The highest BCUT2D eigenvalue weighted by molar-refractivity contribution is 5.83. The lowest BCUT2D eigenvalue weighted by molar-refractivity contribution is -0.0373. The van der Waals surface area contributed by atoms with Crippen molar-refractivity contribution in [2.45, 2.75) is 25.0 Å². The summed E-state index contributed by atoms with van der Waals surface area (Å²) in [7, 11) is 1.65. The maximum atomic E-state index is 6.17. The Labute approximate surface area is 215 Å². The van der Waals surface area contributed by atoms with Crippen LogP contribution in [-0.2, 0) is 4.74 Å². The van der Waals surface area contributed by atoms with Crippen LogP contribution in [0.25, 0.3) is 10.9 Å². The number of benzene rings is 2. The van der Waals surface area contributed by atoms with Crippen molar-refractivity contribution in [3.05, 3.63) is 67.0 Å². The zero-order chi connectivity index (χ0) is 25.0. The molecule has 9 heteroatoms. The van der Waals surface area contributed by atoms with Gasteiger partial charge in [0.2, 0.25) is 5.95 Å². The van der Waals surface area contributed by atoms with E-state index in [9.17, 15) is 0 Å². The number of rotatable bonds is 8. The Morgan fingerprint density at radius 3 is 2.51 bits per heavy atom. The number of nitrogens with one attached hydrogen (secondary N) is 2. The molecule has 3 heterocycles. The van der Waals surface area contributed by atoms with Crippen molar-refractivity contribution in [1.29, 1.82) is 0 Å². The first-order valence-electron chi connectivity index (χ1n) is 12.6. The minimum atomic E-state index is 0.282. The summed E-state index contributed by atoms with van der Waals surface area (Å²) in [6.07, 6.45) is 5.93. The van der Waals surface area contributed by atoms with Crippen molar-refractivity contribution in [3.8, 4) is 11.5 Å². The molecule has 37 heavy (non-hydrogen) atoms. The van der Waals surface area contributed by atoms with E-state index in [0.717, 1.165) is 72.9 Å². The third-order valence-corrected chi connectivity index (χ3v) is 6.86. The van der Waals surface area contributed by atoms with Crippen molar-refractivity contribution in [1.82, 2.24) is 19.9 Å². The Morgan fingerprint density at radius 2 is 1.70 bits per heavy atom. The minimum Gasteiger partial charge on any atom is -0.497 e. The summed E-state index contributed by atoms with van der Waals surface area (Å²) < 4.78 is 16.9. The molecule has 1 aliphatic heterocycles. The maximum absolute atomic E-state index is 6.17. The molecule has 0 unspecified atom stereocenters. The number of aromatic nitrogens is 3. The van der Waals surface area contributed by atoms with Gasteiger partial charge < -0.3 is 24.8 Å². The van der Waals surface area contributed by atoms with Crippen LogP contribution < -0.4 is 20.1 Å². The highest BCUT2D eigenvalue weighted by atomic mass is 16.5. The second kappa shape index (κ2) is 10.6. The highest BCUT2D eigenvalue weighted by Gasteiger charge is 2.35. The number of morpholine rings is 1. The van der Waals surface area contributed by atoms with E-state index >= 15 is 0 Å². The molecule has 0 amide bonds. The highest BCUT2D eigenvalue weighted by Crippen LogP contribution is 2.31. The van der Waals surface area contributed by atoms with Gasteiger partial charge in [-0.2, -0.15) is 4.98 Å². The average Bonchev–Trinajstić information content (AvgIpc) is 2.92. The van der Waals surface area contributed by atoms with Crippen molar-refractivity contribution >= 4 is 34.0 Å². The maximum Gasteiger partial charge on any atom is 0.229 e. The molecule has 4 aromatic rings. The van der Waals surface area contributed by atoms with Crippen molar-refractivity contribution in [2.24, 2.45) is 0 Å². The fraction of sp³-hybridized carbons (Fsp3) is 0.321. The van der Waals surface area contributed by atoms with Crippen LogP contribution in [0.4, 0.5) is 23.1 Å². The third-order valence-electron chi connectivity index (χ3n) is 6.86. The monoisotopic (exact) mass is 498 g/mol. The van der Waals surface area contributed by atoms with Gasteiger partial charge in [0.15, 0.2) is 0 Å². The largest absolute Gasteiger partial charge is 0.497 e. The normalized spacial score (nSPS) is 19.7. The van der Waals surface area contributed by atoms with Crippen LogP contribution in [0.15, 0.2) is 67.0 Å². The summed E-state index contributed by atoms with van der Waals surface area (Å²) in [6, 6.07) is 18.2. The van der Waals surface area contributed by atoms with Crippen LogP contribution in [-0.4, -0.2) is 65.4 Å². The lowest BCUT2D eigenvalue weighted by Crippen LogP contribution is -2.52. The smallest absolute Gasteiger partial charge is 0.229 e. The van der Waals surface area contributed by atoms with Crippen LogP contribution in [0.5, 0.6) is 11.5 Å². The first kappa shape index (κ1) is 23.4. The van der Waals surface area contributed by atoms with Gasteiger partial charge in [-0.05, 0) is 48.5 Å². The number of ether oxygens (including phenoxy) is 3. The lowest BCUT2D eigenvalue weighted by atomic mass is 9.87. The van der Waals surface area contributed by atoms with E-state index in [-0.39, 0.29) is 6.10 Å². The van der Waals surface area contributed by atoms with Gasteiger partial charge in [-0.15, -0.1) is 0 Å². The number of anilines is 4. The number of methoxy groups -OCH3 is 1. The van der Waals surface area contributed by atoms with Crippen LogP contribution >= 0.6 is 0 Å². The first-order chi connectivity index (χ1) is 18.2. The quantitative estimate of drug-likeness (QED) is 0.356. The molecule has 1 aliphatic carbocycles. The summed E-state index contributed by atoms with van der Waals surface area (Å²) in [5.41, 5.74) is 2.61. The molecule has 0 atom stereocenters. The molecule has 9 nitrogen and oxygen atoms in total. The molecule has 2 aromatic carbocycles. The van der Waals surface area contributed by atoms with Crippen molar-refractivity contribution < 1.29 is 14.2 Å². The van der Waals surface area contributed by atoms with Gasteiger partial charge in [-0.25, -0.2) is 4.98 Å². The van der Waals surface area contributed by atoms with Gasteiger partial charge >= 0.3 is 0 Å².